The summed E-state index contributed by atoms with van der Waals surface area (Å²) in [6.45, 7) is 0.870. The molecule has 30 heavy (non-hydrogen) atoms. The van der Waals surface area contributed by atoms with Crippen LogP contribution in [0.2, 0.25) is 5.02 Å². The van der Waals surface area contributed by atoms with Crippen LogP contribution in [-0.4, -0.2) is 50.7 Å². The van der Waals surface area contributed by atoms with Crippen LogP contribution in [0, 0.1) is 0 Å². The molecule has 1 aromatic carbocycles. The molecule has 1 fully saturated rings. The average molecular weight is 429 g/mol. The molecule has 7 nitrogen and oxygen atoms in total. The number of amides is 2. The van der Waals surface area contributed by atoms with Gasteiger partial charge in [-0.05, 0) is 37.2 Å². The third kappa shape index (κ3) is 4.51. The number of carbonyl (C=O) groups excluding carboxylic acids is 2. The maximum absolute atomic E-state index is 12.7. The Labute approximate surface area is 180 Å². The number of halogens is 1. The second-order valence-corrected chi connectivity index (χ2v) is 8.34. The average Bonchev–Trinajstić information content (AvgIpc) is 3.31. The number of carbonyl (C=O) groups is 2. The number of benzene rings is 1. The maximum Gasteiger partial charge on any atom is 0.289 e. The summed E-state index contributed by atoms with van der Waals surface area (Å²) in [6, 6.07) is 10.5. The van der Waals surface area contributed by atoms with Crippen LogP contribution in [0.5, 0.6) is 0 Å². The van der Waals surface area contributed by atoms with Gasteiger partial charge in [0.1, 0.15) is 0 Å². The van der Waals surface area contributed by atoms with E-state index in [0.717, 1.165) is 25.7 Å². The monoisotopic (exact) mass is 428 g/mol. The van der Waals surface area contributed by atoms with Crippen LogP contribution in [0.3, 0.4) is 0 Å². The fourth-order valence-corrected chi connectivity index (χ4v) is 4.39. The maximum atomic E-state index is 12.7. The Hall–Kier alpha value is -2.80. The van der Waals surface area contributed by atoms with Gasteiger partial charge in [0.15, 0.2) is 5.76 Å². The molecular weight excluding hydrogens is 404 g/mol. The van der Waals surface area contributed by atoms with Crippen LogP contribution in [0.15, 0.2) is 54.1 Å². The highest BCUT2D eigenvalue weighted by atomic mass is 35.5. The second-order valence-electron chi connectivity index (χ2n) is 7.91. The van der Waals surface area contributed by atoms with Gasteiger partial charge in [-0.3, -0.25) is 14.3 Å². The molecule has 0 saturated heterocycles. The zero-order valence-corrected chi connectivity index (χ0v) is 17.4. The van der Waals surface area contributed by atoms with E-state index in [1.807, 2.05) is 6.07 Å². The minimum Gasteiger partial charge on any atom is -0.503 e. The Morgan fingerprint density at radius 2 is 1.90 bits per heavy atom. The third-order valence-corrected chi connectivity index (χ3v) is 6.13. The van der Waals surface area contributed by atoms with Crippen molar-refractivity contribution in [1.29, 1.82) is 0 Å². The lowest BCUT2D eigenvalue weighted by Crippen LogP contribution is -2.39. The highest BCUT2D eigenvalue weighted by molar-refractivity contribution is 6.30. The molecule has 4 rings (SSSR count). The summed E-state index contributed by atoms with van der Waals surface area (Å²) >= 11 is 5.84. The molecule has 2 aliphatic rings. The number of hydrogen-bond donors (Lipinski definition) is 2. The Bertz CT molecular complexity index is 948. The molecule has 2 heterocycles. The first-order valence-electron chi connectivity index (χ1n) is 10.3. The molecule has 2 aromatic rings. The van der Waals surface area contributed by atoms with Gasteiger partial charge in [-0.1, -0.05) is 41.9 Å². The van der Waals surface area contributed by atoms with Gasteiger partial charge >= 0.3 is 0 Å². The molecule has 1 aliphatic heterocycles. The molecule has 1 aromatic heterocycles. The zero-order chi connectivity index (χ0) is 21.1. The van der Waals surface area contributed by atoms with Gasteiger partial charge in [-0.2, -0.15) is 5.10 Å². The fraction of sp³-hybridized carbons (Fsp3) is 0.409. The largest absolute Gasteiger partial charge is 0.503 e. The molecule has 8 heteroatoms. The van der Waals surface area contributed by atoms with E-state index in [0.29, 0.717) is 24.0 Å². The Balaban J connectivity index is 1.28. The van der Waals surface area contributed by atoms with Crippen molar-refractivity contribution in [3.05, 3.63) is 64.6 Å². The van der Waals surface area contributed by atoms with Gasteiger partial charge in [0.25, 0.3) is 11.8 Å². The standard InChI is InChI=1S/C22H25ClN4O3/c23-17-12-24-27(13-17)11-10-26-14-19(20(28)22(26)30)21(29)25-18-8-6-16(7-9-18)15-4-2-1-3-5-15/h1-5,12-13,16,18,28H,6-11,14H2,(H,25,29). The lowest BCUT2D eigenvalue weighted by atomic mass is 9.82. The van der Waals surface area contributed by atoms with E-state index in [9.17, 15) is 14.7 Å². The summed E-state index contributed by atoms with van der Waals surface area (Å²) in [6.07, 6.45) is 6.98. The second kappa shape index (κ2) is 8.92. The molecule has 0 atom stereocenters. The van der Waals surface area contributed by atoms with Gasteiger partial charge in [-0.25, -0.2) is 0 Å². The molecule has 158 valence electrons. The SMILES string of the molecule is O=C(NC1CCC(c2ccccc2)CC1)C1=C(O)C(=O)N(CCn2cc(Cl)cn2)C1. The molecular formula is C22H25ClN4O3. The molecule has 1 saturated carbocycles. The van der Waals surface area contributed by atoms with Gasteiger partial charge < -0.3 is 15.3 Å². The van der Waals surface area contributed by atoms with Crippen molar-refractivity contribution < 1.29 is 14.7 Å². The lowest BCUT2D eigenvalue weighted by Gasteiger charge is -2.29. The number of hydrogen-bond acceptors (Lipinski definition) is 4. The van der Waals surface area contributed by atoms with Crippen molar-refractivity contribution in [1.82, 2.24) is 20.0 Å². The smallest absolute Gasteiger partial charge is 0.289 e. The number of nitrogens with one attached hydrogen (secondary N) is 1. The zero-order valence-electron chi connectivity index (χ0n) is 16.6. The molecule has 2 N–H and O–H groups in total. The minimum absolute atomic E-state index is 0.0631. The van der Waals surface area contributed by atoms with E-state index < -0.39 is 11.7 Å². The Morgan fingerprint density at radius 3 is 2.57 bits per heavy atom. The van der Waals surface area contributed by atoms with Crippen LogP contribution in [0.25, 0.3) is 0 Å². The van der Waals surface area contributed by atoms with E-state index in [-0.39, 0.29) is 24.1 Å². The van der Waals surface area contributed by atoms with Crippen molar-refractivity contribution in [3.8, 4) is 0 Å². The number of aliphatic hydroxyl groups excluding tert-OH is 1. The number of nitrogens with zero attached hydrogens (tertiary/aromatic N) is 3. The van der Waals surface area contributed by atoms with Crippen molar-refractivity contribution >= 4 is 23.4 Å². The van der Waals surface area contributed by atoms with Crippen molar-refractivity contribution in [3.63, 3.8) is 0 Å². The van der Waals surface area contributed by atoms with Crippen LogP contribution < -0.4 is 5.32 Å². The Kier molecular flexibility index (Phi) is 6.08. The van der Waals surface area contributed by atoms with Gasteiger partial charge in [0.2, 0.25) is 0 Å². The molecule has 2 amide bonds. The number of aromatic nitrogens is 2. The minimum atomic E-state index is -0.522. The van der Waals surface area contributed by atoms with E-state index in [1.165, 1.54) is 16.7 Å². The molecule has 0 bridgehead atoms. The van der Waals surface area contributed by atoms with E-state index in [1.54, 1.807) is 10.9 Å². The van der Waals surface area contributed by atoms with Gasteiger partial charge in [0.05, 0.1) is 29.9 Å². The summed E-state index contributed by atoms with van der Waals surface area (Å²) in [4.78, 5) is 26.5. The predicted molar refractivity (Wildman–Crippen MR) is 113 cm³/mol. The van der Waals surface area contributed by atoms with Crippen molar-refractivity contribution in [2.75, 3.05) is 13.1 Å². The highest BCUT2D eigenvalue weighted by Gasteiger charge is 2.35. The van der Waals surface area contributed by atoms with E-state index in [4.69, 9.17) is 11.6 Å². The first kappa shape index (κ1) is 20.5. The summed E-state index contributed by atoms with van der Waals surface area (Å²) < 4.78 is 1.62. The molecule has 0 spiro atoms. The van der Waals surface area contributed by atoms with Crippen LogP contribution in [0.4, 0.5) is 0 Å². The van der Waals surface area contributed by atoms with Crippen LogP contribution >= 0.6 is 11.6 Å². The summed E-state index contributed by atoms with van der Waals surface area (Å²) in [7, 11) is 0. The molecule has 0 unspecified atom stereocenters. The molecule has 1 aliphatic carbocycles. The van der Waals surface area contributed by atoms with Gasteiger partial charge in [-0.15, -0.1) is 0 Å². The first-order valence-corrected chi connectivity index (χ1v) is 10.6. The lowest BCUT2D eigenvalue weighted by molar-refractivity contribution is -0.128. The number of rotatable bonds is 6. The Morgan fingerprint density at radius 1 is 1.17 bits per heavy atom. The fourth-order valence-electron chi connectivity index (χ4n) is 4.23. The summed E-state index contributed by atoms with van der Waals surface area (Å²) in [5.41, 5.74) is 1.49. The predicted octanol–water partition coefficient (Wildman–Crippen LogP) is 3.03. The number of aliphatic hydroxyl groups is 1. The van der Waals surface area contributed by atoms with E-state index in [2.05, 4.69) is 34.7 Å². The van der Waals surface area contributed by atoms with Crippen LogP contribution in [0.1, 0.15) is 37.2 Å². The summed E-state index contributed by atoms with van der Waals surface area (Å²) in [5, 5.41) is 17.8. The van der Waals surface area contributed by atoms with Crippen LogP contribution in [-0.2, 0) is 16.1 Å². The summed E-state index contributed by atoms with van der Waals surface area (Å²) in [5.74, 6) is -0.810. The van der Waals surface area contributed by atoms with E-state index >= 15 is 0 Å². The van der Waals surface area contributed by atoms with Crippen molar-refractivity contribution in [2.24, 2.45) is 0 Å². The first-order chi connectivity index (χ1) is 14.5. The third-order valence-electron chi connectivity index (χ3n) is 5.93. The highest BCUT2D eigenvalue weighted by Crippen LogP contribution is 2.33. The van der Waals surface area contributed by atoms with Crippen molar-refractivity contribution in [2.45, 2.75) is 44.2 Å². The van der Waals surface area contributed by atoms with Gasteiger partial charge in [0, 0.05) is 18.8 Å². The molecule has 0 radical (unpaired) electrons. The normalized spacial score (nSPS) is 21.9. The quantitative estimate of drug-likeness (QED) is 0.740. The topological polar surface area (TPSA) is 87.5 Å².